The fourth-order valence-corrected chi connectivity index (χ4v) is 3.29. The minimum Gasteiger partial charge on any atom is -0.325 e. The maximum atomic E-state index is 13.3. The Balaban J connectivity index is 1.72. The average Bonchev–Trinajstić information content (AvgIpc) is 3.05. The summed E-state index contributed by atoms with van der Waals surface area (Å²) in [6, 6.07) is 6.93. The van der Waals surface area contributed by atoms with E-state index >= 15 is 0 Å². The summed E-state index contributed by atoms with van der Waals surface area (Å²) >= 11 is 1.23. The normalized spacial score (nSPS) is 11.0. The minimum atomic E-state index is -1.01. The van der Waals surface area contributed by atoms with E-state index in [1.54, 1.807) is 12.4 Å². The lowest BCUT2D eigenvalue weighted by Gasteiger charge is -2.12. The standard InChI is InChI=1S/C19H19F2N5OS/c1-12(2)10-26-18(13-5-7-22-8-6-13)24-25-19(26)28-11-17(27)23-14-3-4-15(20)16(21)9-14/h3-9,12H,10-11H2,1-2H3,(H,23,27). The van der Waals surface area contributed by atoms with Crippen LogP contribution >= 0.6 is 11.8 Å². The number of halogens is 2. The van der Waals surface area contributed by atoms with Crippen molar-refractivity contribution in [1.82, 2.24) is 19.7 Å². The number of hydrogen-bond donors (Lipinski definition) is 1. The summed E-state index contributed by atoms with van der Waals surface area (Å²) in [5.41, 5.74) is 1.09. The van der Waals surface area contributed by atoms with Crippen LogP contribution in [0.15, 0.2) is 47.9 Å². The third-order valence-corrected chi connectivity index (χ3v) is 4.71. The predicted octanol–water partition coefficient (Wildman–Crippen LogP) is 4.01. The summed E-state index contributed by atoms with van der Waals surface area (Å²) in [4.78, 5) is 16.2. The van der Waals surface area contributed by atoms with Gasteiger partial charge >= 0.3 is 0 Å². The van der Waals surface area contributed by atoms with E-state index in [0.717, 1.165) is 17.7 Å². The number of hydrogen-bond acceptors (Lipinski definition) is 5. The van der Waals surface area contributed by atoms with Crippen LogP contribution < -0.4 is 5.32 Å². The lowest BCUT2D eigenvalue weighted by molar-refractivity contribution is -0.113. The number of benzene rings is 1. The monoisotopic (exact) mass is 403 g/mol. The van der Waals surface area contributed by atoms with E-state index < -0.39 is 11.6 Å². The summed E-state index contributed by atoms with van der Waals surface area (Å²) in [6.07, 6.45) is 3.37. The van der Waals surface area contributed by atoms with E-state index in [4.69, 9.17) is 0 Å². The molecule has 9 heteroatoms. The number of nitrogens with zero attached hydrogens (tertiary/aromatic N) is 4. The van der Waals surface area contributed by atoms with Gasteiger partial charge in [-0.05, 0) is 30.2 Å². The first-order chi connectivity index (χ1) is 13.4. The number of thioether (sulfide) groups is 1. The number of pyridine rings is 1. The molecule has 2 aromatic heterocycles. The van der Waals surface area contributed by atoms with Crippen LogP contribution in [0.25, 0.3) is 11.4 Å². The van der Waals surface area contributed by atoms with Crippen molar-refractivity contribution in [3.8, 4) is 11.4 Å². The second kappa shape index (κ2) is 8.92. The summed E-state index contributed by atoms with van der Waals surface area (Å²) in [7, 11) is 0. The summed E-state index contributed by atoms with van der Waals surface area (Å²) < 4.78 is 28.2. The molecule has 28 heavy (non-hydrogen) atoms. The quantitative estimate of drug-likeness (QED) is 0.604. The molecule has 0 bridgehead atoms. The molecule has 0 aliphatic rings. The van der Waals surface area contributed by atoms with Crippen LogP contribution in [0.5, 0.6) is 0 Å². The fraction of sp³-hybridized carbons (Fsp3) is 0.263. The summed E-state index contributed by atoms with van der Waals surface area (Å²) in [5, 5.41) is 11.6. The van der Waals surface area contributed by atoms with Crippen LogP contribution in [-0.4, -0.2) is 31.4 Å². The van der Waals surface area contributed by atoms with Gasteiger partial charge in [0, 0.05) is 36.3 Å². The maximum absolute atomic E-state index is 13.3. The number of anilines is 1. The summed E-state index contributed by atoms with van der Waals surface area (Å²) in [5.74, 6) is -1.19. The number of rotatable bonds is 7. The first-order valence-electron chi connectivity index (χ1n) is 8.65. The first kappa shape index (κ1) is 19.9. The van der Waals surface area contributed by atoms with Gasteiger partial charge in [0.2, 0.25) is 5.91 Å². The lowest BCUT2D eigenvalue weighted by atomic mass is 10.2. The first-order valence-corrected chi connectivity index (χ1v) is 9.64. The topological polar surface area (TPSA) is 72.7 Å². The Kier molecular flexibility index (Phi) is 6.35. The number of carbonyl (C=O) groups is 1. The van der Waals surface area contributed by atoms with Gasteiger partial charge in [0.05, 0.1) is 5.75 Å². The maximum Gasteiger partial charge on any atom is 0.234 e. The third-order valence-electron chi connectivity index (χ3n) is 3.74. The van der Waals surface area contributed by atoms with E-state index in [1.807, 2.05) is 16.7 Å². The Morgan fingerprint density at radius 3 is 2.57 bits per heavy atom. The minimum absolute atomic E-state index is 0.0611. The Morgan fingerprint density at radius 1 is 1.14 bits per heavy atom. The molecule has 1 aromatic carbocycles. The van der Waals surface area contributed by atoms with Crippen molar-refractivity contribution in [2.45, 2.75) is 25.5 Å². The third kappa shape index (κ3) is 4.92. The Bertz CT molecular complexity index is 962. The zero-order valence-corrected chi connectivity index (χ0v) is 16.2. The van der Waals surface area contributed by atoms with Gasteiger partial charge < -0.3 is 9.88 Å². The highest BCUT2D eigenvalue weighted by atomic mass is 32.2. The van der Waals surface area contributed by atoms with Crippen molar-refractivity contribution in [3.05, 3.63) is 54.4 Å². The molecule has 0 aliphatic carbocycles. The SMILES string of the molecule is CC(C)Cn1c(SCC(=O)Nc2ccc(F)c(F)c2)nnc1-c1ccncc1. The molecule has 1 amide bonds. The van der Waals surface area contributed by atoms with Gasteiger partial charge in [-0.25, -0.2) is 8.78 Å². The zero-order chi connectivity index (χ0) is 20.1. The predicted molar refractivity (Wildman–Crippen MR) is 104 cm³/mol. The largest absolute Gasteiger partial charge is 0.325 e. The van der Waals surface area contributed by atoms with Crippen molar-refractivity contribution in [2.75, 3.05) is 11.1 Å². The van der Waals surface area contributed by atoms with Gasteiger partial charge in [0.1, 0.15) is 0 Å². The molecule has 0 saturated heterocycles. The van der Waals surface area contributed by atoms with Crippen molar-refractivity contribution in [3.63, 3.8) is 0 Å². The Morgan fingerprint density at radius 2 is 1.89 bits per heavy atom. The number of amides is 1. The molecule has 0 radical (unpaired) electrons. The van der Waals surface area contributed by atoms with E-state index in [1.165, 1.54) is 17.8 Å². The van der Waals surface area contributed by atoms with Gasteiger partial charge in [-0.15, -0.1) is 10.2 Å². The highest BCUT2D eigenvalue weighted by Gasteiger charge is 2.17. The smallest absolute Gasteiger partial charge is 0.234 e. The Labute approximate surface area is 165 Å². The van der Waals surface area contributed by atoms with Crippen LogP contribution in [0.4, 0.5) is 14.5 Å². The van der Waals surface area contributed by atoms with Crippen molar-refractivity contribution in [2.24, 2.45) is 5.92 Å². The fourth-order valence-electron chi connectivity index (χ4n) is 2.54. The molecular formula is C19H19F2N5OS. The Hall–Kier alpha value is -2.81. The van der Waals surface area contributed by atoms with Crippen molar-refractivity contribution in [1.29, 1.82) is 0 Å². The van der Waals surface area contributed by atoms with Crippen LogP contribution in [0, 0.1) is 17.6 Å². The molecule has 3 rings (SSSR count). The average molecular weight is 403 g/mol. The van der Waals surface area contributed by atoms with E-state index in [9.17, 15) is 13.6 Å². The number of nitrogens with one attached hydrogen (secondary N) is 1. The number of aromatic nitrogens is 4. The molecule has 146 valence electrons. The van der Waals surface area contributed by atoms with Gasteiger partial charge in [0.25, 0.3) is 0 Å². The van der Waals surface area contributed by atoms with Crippen LogP contribution in [0.3, 0.4) is 0 Å². The van der Waals surface area contributed by atoms with Crippen molar-refractivity contribution >= 4 is 23.4 Å². The van der Waals surface area contributed by atoms with Crippen molar-refractivity contribution < 1.29 is 13.6 Å². The number of carbonyl (C=O) groups excluding carboxylic acids is 1. The second-order valence-electron chi connectivity index (χ2n) is 6.51. The van der Waals surface area contributed by atoms with Crippen LogP contribution in [-0.2, 0) is 11.3 Å². The van der Waals surface area contributed by atoms with Crippen LogP contribution in [0.1, 0.15) is 13.8 Å². The second-order valence-corrected chi connectivity index (χ2v) is 7.45. The molecule has 0 fully saturated rings. The molecule has 0 atom stereocenters. The van der Waals surface area contributed by atoms with E-state index in [0.29, 0.717) is 23.4 Å². The highest BCUT2D eigenvalue weighted by Crippen LogP contribution is 2.25. The van der Waals surface area contributed by atoms with E-state index in [2.05, 4.69) is 34.3 Å². The molecule has 1 N–H and O–H groups in total. The van der Waals surface area contributed by atoms with Gasteiger partial charge in [-0.1, -0.05) is 25.6 Å². The lowest BCUT2D eigenvalue weighted by Crippen LogP contribution is -2.15. The van der Waals surface area contributed by atoms with Gasteiger partial charge in [0.15, 0.2) is 22.6 Å². The van der Waals surface area contributed by atoms with E-state index in [-0.39, 0.29) is 17.3 Å². The van der Waals surface area contributed by atoms with Crippen LogP contribution in [0.2, 0.25) is 0 Å². The summed E-state index contributed by atoms with van der Waals surface area (Å²) in [6.45, 7) is 4.86. The molecule has 0 spiro atoms. The zero-order valence-electron chi connectivity index (χ0n) is 15.4. The molecule has 2 heterocycles. The molecule has 6 nitrogen and oxygen atoms in total. The van der Waals surface area contributed by atoms with Gasteiger partial charge in [-0.2, -0.15) is 0 Å². The van der Waals surface area contributed by atoms with Gasteiger partial charge in [-0.3, -0.25) is 9.78 Å². The highest BCUT2D eigenvalue weighted by molar-refractivity contribution is 7.99. The molecule has 0 saturated carbocycles. The molecule has 0 aliphatic heterocycles. The molecule has 0 unspecified atom stereocenters. The molecular weight excluding hydrogens is 384 g/mol. The molecule has 3 aromatic rings.